The Hall–Kier alpha value is -0.780. The van der Waals surface area contributed by atoms with Gasteiger partial charge in [0.05, 0.1) is 5.02 Å². The van der Waals surface area contributed by atoms with Crippen LogP contribution in [0.5, 0.6) is 0 Å². The van der Waals surface area contributed by atoms with Crippen molar-refractivity contribution in [3.63, 3.8) is 0 Å². The number of benzene rings is 1. The molecule has 0 saturated heterocycles. The smallest absolute Gasteiger partial charge is 0.407 e. The van der Waals surface area contributed by atoms with Crippen LogP contribution in [0.3, 0.4) is 0 Å². The second-order valence-corrected chi connectivity index (χ2v) is 6.62. The number of nitrogens with one attached hydrogen (secondary N) is 2. The lowest BCUT2D eigenvalue weighted by Crippen LogP contribution is -2.36. The number of alkyl carbamates (subject to hydrolysis) is 1. The molecular weight excluding hydrogens is 344 g/mol. The van der Waals surface area contributed by atoms with Crippen LogP contribution in [-0.4, -0.2) is 24.8 Å². The first-order chi connectivity index (χ1) is 9.28. The van der Waals surface area contributed by atoms with Gasteiger partial charge in [-0.25, -0.2) is 4.79 Å². The Morgan fingerprint density at radius 1 is 1.35 bits per heavy atom. The molecule has 1 aromatic rings. The first kappa shape index (κ1) is 17.3. The van der Waals surface area contributed by atoms with E-state index in [-0.39, 0.29) is 0 Å². The minimum atomic E-state index is -0.465. The van der Waals surface area contributed by atoms with Gasteiger partial charge >= 0.3 is 6.09 Å². The highest BCUT2D eigenvalue weighted by Gasteiger charge is 2.15. The number of ether oxygens (including phenoxy) is 1. The number of carbonyl (C=O) groups excluding carboxylic acids is 1. The van der Waals surface area contributed by atoms with Gasteiger partial charge in [-0.15, -0.1) is 0 Å². The third kappa shape index (κ3) is 7.12. The van der Waals surface area contributed by atoms with Crippen LogP contribution in [0, 0.1) is 0 Å². The molecule has 0 atom stereocenters. The minimum absolute atomic E-state index is 0.395. The Balaban J connectivity index is 2.19. The van der Waals surface area contributed by atoms with Crippen molar-refractivity contribution in [2.45, 2.75) is 32.9 Å². The molecule has 20 heavy (non-hydrogen) atoms. The Morgan fingerprint density at radius 3 is 2.65 bits per heavy atom. The van der Waals surface area contributed by atoms with Gasteiger partial charge in [-0.1, -0.05) is 17.7 Å². The van der Waals surface area contributed by atoms with Crippen molar-refractivity contribution >= 4 is 33.6 Å². The Bertz CT molecular complexity index is 461. The molecule has 4 nitrogen and oxygen atoms in total. The molecule has 1 aromatic carbocycles. The fourth-order valence-electron chi connectivity index (χ4n) is 1.45. The van der Waals surface area contributed by atoms with Gasteiger partial charge in [-0.2, -0.15) is 0 Å². The van der Waals surface area contributed by atoms with Crippen LogP contribution in [-0.2, 0) is 11.3 Å². The summed E-state index contributed by atoms with van der Waals surface area (Å²) in [5.41, 5.74) is 0.658. The zero-order valence-electron chi connectivity index (χ0n) is 11.9. The molecule has 0 aromatic heterocycles. The third-order valence-electron chi connectivity index (χ3n) is 2.28. The van der Waals surface area contributed by atoms with Gasteiger partial charge in [0.15, 0.2) is 0 Å². The topological polar surface area (TPSA) is 50.4 Å². The molecule has 0 radical (unpaired) electrons. The number of rotatable bonds is 5. The van der Waals surface area contributed by atoms with Crippen molar-refractivity contribution in [2.75, 3.05) is 13.1 Å². The summed E-state index contributed by atoms with van der Waals surface area (Å²) in [5, 5.41) is 6.62. The Morgan fingerprint density at radius 2 is 2.05 bits per heavy atom. The lowest BCUT2D eigenvalue weighted by Gasteiger charge is -2.19. The molecule has 0 unspecified atom stereocenters. The van der Waals surface area contributed by atoms with E-state index in [0.717, 1.165) is 10.0 Å². The summed E-state index contributed by atoms with van der Waals surface area (Å²) in [6.45, 7) is 7.41. The number of carbonyl (C=O) groups is 1. The van der Waals surface area contributed by atoms with E-state index in [1.807, 2.05) is 39.0 Å². The third-order valence-corrected chi connectivity index (χ3v) is 3.50. The van der Waals surface area contributed by atoms with Gasteiger partial charge in [0.2, 0.25) is 0 Å². The largest absolute Gasteiger partial charge is 0.444 e. The molecule has 0 spiro atoms. The van der Waals surface area contributed by atoms with Crippen LogP contribution in [0.15, 0.2) is 22.7 Å². The Kier molecular flexibility index (Phi) is 6.79. The molecule has 0 bridgehead atoms. The average molecular weight is 364 g/mol. The molecular formula is C14H20BrClN2O2. The van der Waals surface area contributed by atoms with E-state index in [1.165, 1.54) is 0 Å². The number of hydrogen-bond donors (Lipinski definition) is 2. The predicted molar refractivity (Wildman–Crippen MR) is 85.1 cm³/mol. The van der Waals surface area contributed by atoms with E-state index in [2.05, 4.69) is 26.6 Å². The number of halogens is 2. The van der Waals surface area contributed by atoms with Crippen molar-refractivity contribution in [1.82, 2.24) is 10.6 Å². The van der Waals surface area contributed by atoms with Crippen LogP contribution in [0.25, 0.3) is 0 Å². The summed E-state index contributed by atoms with van der Waals surface area (Å²) in [5.74, 6) is 0. The van der Waals surface area contributed by atoms with E-state index >= 15 is 0 Å². The van der Waals surface area contributed by atoms with E-state index in [0.29, 0.717) is 24.7 Å². The van der Waals surface area contributed by atoms with Crippen LogP contribution in [0.2, 0.25) is 5.02 Å². The van der Waals surface area contributed by atoms with Crippen LogP contribution in [0.4, 0.5) is 4.79 Å². The fourth-order valence-corrected chi connectivity index (χ4v) is 1.99. The molecule has 1 rings (SSSR count). The summed E-state index contributed by atoms with van der Waals surface area (Å²) in [6, 6.07) is 5.78. The quantitative estimate of drug-likeness (QED) is 0.784. The number of hydrogen-bond acceptors (Lipinski definition) is 3. The van der Waals surface area contributed by atoms with E-state index in [1.54, 1.807) is 0 Å². The second kappa shape index (κ2) is 7.86. The lowest BCUT2D eigenvalue weighted by molar-refractivity contribution is 0.0528. The summed E-state index contributed by atoms with van der Waals surface area (Å²) < 4.78 is 6.01. The molecule has 0 aliphatic heterocycles. The maximum atomic E-state index is 11.4. The molecule has 2 N–H and O–H groups in total. The molecule has 1 amide bonds. The van der Waals surface area contributed by atoms with Gasteiger partial charge in [-0.3, -0.25) is 0 Å². The van der Waals surface area contributed by atoms with Crippen molar-refractivity contribution < 1.29 is 9.53 Å². The van der Waals surface area contributed by atoms with Crippen molar-refractivity contribution in [2.24, 2.45) is 0 Å². The van der Waals surface area contributed by atoms with Gasteiger partial charge in [0.1, 0.15) is 5.60 Å². The zero-order valence-corrected chi connectivity index (χ0v) is 14.3. The molecule has 0 heterocycles. The standard InChI is InChI=1S/C14H20BrClN2O2/c1-14(2,3)20-13(19)18-7-6-17-9-10-4-5-12(16)11(15)8-10/h4-5,8,17H,6-7,9H2,1-3H3,(H,18,19). The molecule has 0 aliphatic rings. The maximum absolute atomic E-state index is 11.4. The van der Waals surface area contributed by atoms with E-state index in [4.69, 9.17) is 16.3 Å². The van der Waals surface area contributed by atoms with Crippen molar-refractivity contribution in [3.8, 4) is 0 Å². The van der Waals surface area contributed by atoms with Crippen LogP contribution < -0.4 is 10.6 Å². The van der Waals surface area contributed by atoms with Gasteiger partial charge in [0, 0.05) is 24.1 Å². The SMILES string of the molecule is CC(C)(C)OC(=O)NCCNCc1ccc(Cl)c(Br)c1. The lowest BCUT2D eigenvalue weighted by atomic mass is 10.2. The molecule has 6 heteroatoms. The monoisotopic (exact) mass is 362 g/mol. The maximum Gasteiger partial charge on any atom is 0.407 e. The highest BCUT2D eigenvalue weighted by atomic mass is 79.9. The number of amides is 1. The van der Waals surface area contributed by atoms with Crippen molar-refractivity contribution in [3.05, 3.63) is 33.3 Å². The van der Waals surface area contributed by atoms with Crippen LogP contribution in [0.1, 0.15) is 26.3 Å². The fraction of sp³-hybridized carbons (Fsp3) is 0.500. The minimum Gasteiger partial charge on any atom is -0.444 e. The highest BCUT2D eigenvalue weighted by Crippen LogP contribution is 2.22. The predicted octanol–water partition coefficient (Wildman–Crippen LogP) is 3.72. The van der Waals surface area contributed by atoms with Gasteiger partial charge < -0.3 is 15.4 Å². The van der Waals surface area contributed by atoms with E-state index in [9.17, 15) is 4.79 Å². The molecule has 0 aliphatic carbocycles. The summed E-state index contributed by atoms with van der Waals surface area (Å²) in [7, 11) is 0. The summed E-state index contributed by atoms with van der Waals surface area (Å²) >= 11 is 9.31. The zero-order chi connectivity index (χ0) is 15.2. The second-order valence-electron chi connectivity index (χ2n) is 5.35. The van der Waals surface area contributed by atoms with Gasteiger partial charge in [0.25, 0.3) is 0 Å². The van der Waals surface area contributed by atoms with Crippen molar-refractivity contribution in [1.29, 1.82) is 0 Å². The molecule has 0 fully saturated rings. The van der Waals surface area contributed by atoms with Gasteiger partial charge in [-0.05, 0) is 54.4 Å². The normalized spacial score (nSPS) is 11.2. The molecule has 0 saturated carbocycles. The highest BCUT2D eigenvalue weighted by molar-refractivity contribution is 9.10. The van der Waals surface area contributed by atoms with Crippen LogP contribution >= 0.6 is 27.5 Å². The first-order valence-corrected chi connectivity index (χ1v) is 7.56. The van der Waals surface area contributed by atoms with E-state index < -0.39 is 11.7 Å². The average Bonchev–Trinajstić information content (AvgIpc) is 2.31. The Labute approximate surface area is 133 Å². The first-order valence-electron chi connectivity index (χ1n) is 6.39. The molecule has 112 valence electrons. The summed E-state index contributed by atoms with van der Waals surface area (Å²) in [4.78, 5) is 11.4. The summed E-state index contributed by atoms with van der Waals surface area (Å²) in [6.07, 6.45) is -0.395.